The molecule has 10 rings (SSSR count). The van der Waals surface area contributed by atoms with Gasteiger partial charge >= 0.3 is 12.0 Å². The fourth-order valence-electron chi connectivity index (χ4n) is 13.1. The first-order valence-electron chi connectivity index (χ1n) is 29.1. The van der Waals surface area contributed by atoms with Gasteiger partial charge in [0, 0.05) is 93.0 Å². The Labute approximate surface area is 475 Å². The molecule has 5 aliphatic rings. The van der Waals surface area contributed by atoms with Gasteiger partial charge in [-0.3, -0.25) is 34.3 Å². The van der Waals surface area contributed by atoms with Crippen molar-refractivity contribution in [3.63, 3.8) is 0 Å². The number of rotatable bonds is 15. The predicted octanol–water partition coefficient (Wildman–Crippen LogP) is 11.1. The zero-order chi connectivity index (χ0) is 56.3. The molecular formula is C63H80N8O8S. The van der Waals surface area contributed by atoms with E-state index in [-0.39, 0.29) is 54.0 Å². The number of hydrogen-bond acceptors (Lipinski definition) is 13. The van der Waals surface area contributed by atoms with Crippen LogP contribution in [0.15, 0.2) is 66.0 Å². The fourth-order valence-corrected chi connectivity index (χ4v) is 14.1. The topological polar surface area (TPSA) is 176 Å². The van der Waals surface area contributed by atoms with Crippen LogP contribution < -0.4 is 25.0 Å². The molecule has 5 aromatic rings. The number of piperidine rings is 1. The van der Waals surface area contributed by atoms with Crippen molar-refractivity contribution in [3.05, 3.63) is 93.4 Å². The zero-order valence-corrected chi connectivity index (χ0v) is 48.7. The number of imide groups is 1. The van der Waals surface area contributed by atoms with Gasteiger partial charge in [0.05, 0.1) is 31.5 Å². The van der Waals surface area contributed by atoms with Gasteiger partial charge in [0.2, 0.25) is 11.8 Å². The summed E-state index contributed by atoms with van der Waals surface area (Å²) in [7, 11) is 3.26. The highest BCUT2D eigenvalue weighted by molar-refractivity contribution is 7.10. The molecule has 3 saturated heterocycles. The molecule has 5 heterocycles. The average molecular weight is 1110 g/mol. The second-order valence-electron chi connectivity index (χ2n) is 24.1. The first-order chi connectivity index (χ1) is 38.4. The van der Waals surface area contributed by atoms with Crippen LogP contribution in [0, 0.1) is 24.2 Å². The molecule has 1 spiro atoms. The number of thiophene rings is 1. The molecule has 5 fully saturated rings. The van der Waals surface area contributed by atoms with E-state index in [1.807, 2.05) is 44.7 Å². The molecule has 16 nitrogen and oxygen atoms in total. The molecule has 2 aromatic heterocycles. The lowest BCUT2D eigenvalue weighted by Crippen LogP contribution is -2.52. The number of likely N-dealkylation sites (tertiary alicyclic amines) is 1. The molecule has 0 unspecified atom stereocenters. The summed E-state index contributed by atoms with van der Waals surface area (Å²) >= 11 is 1.71. The van der Waals surface area contributed by atoms with E-state index in [1.54, 1.807) is 36.6 Å². The standard InChI is InChI=1S/C63H80N8O8S/c1-40(55-35-47(39-80-55)48-11-9-8-10-43(48)17-19-57(73)79-62(3,4)5)64-58-50-36-49(54(78-7)37-51(50)65-41(2)66-58)44-12-14-45(15-13-44)59(74)70-32-30-68(31-33-70)38-42-20-23-63(24-21-42)25-28-69(29-26-63)60(75)46-16-18-53(77-6)52(34-46)71-27-22-56(72)67-61(71)76/h8-11,16,18,34-37,39-40,42,44-45H,12-15,17,19-33,38H2,1-7H3,(H,64,65,66)(H,67,72,76)/t40-,44?,45?/m1/s1. The Bertz CT molecular complexity index is 3080. The number of anilines is 2. The van der Waals surface area contributed by atoms with Crippen LogP contribution in [-0.4, -0.2) is 127 Å². The highest BCUT2D eigenvalue weighted by atomic mass is 32.1. The second-order valence-corrected chi connectivity index (χ2v) is 25.1. The second kappa shape index (κ2) is 24.2. The zero-order valence-electron chi connectivity index (χ0n) is 47.9. The van der Waals surface area contributed by atoms with Gasteiger partial charge < -0.3 is 29.3 Å². The summed E-state index contributed by atoms with van der Waals surface area (Å²) < 4.78 is 17.2. The van der Waals surface area contributed by atoms with Crippen LogP contribution in [-0.2, 0) is 25.5 Å². The molecule has 2 saturated carbocycles. The molecule has 80 heavy (non-hydrogen) atoms. The van der Waals surface area contributed by atoms with Gasteiger partial charge in [0.1, 0.15) is 28.7 Å². The van der Waals surface area contributed by atoms with Crippen molar-refractivity contribution in [2.45, 2.75) is 136 Å². The maximum atomic E-state index is 14.1. The Morgan fingerprint density at radius 3 is 2.25 bits per heavy atom. The van der Waals surface area contributed by atoms with Gasteiger partial charge in [-0.15, -0.1) is 11.3 Å². The number of benzene rings is 3. The van der Waals surface area contributed by atoms with Crippen molar-refractivity contribution in [2.24, 2.45) is 17.3 Å². The van der Waals surface area contributed by atoms with E-state index >= 15 is 0 Å². The third kappa shape index (κ3) is 12.9. The minimum atomic E-state index is -0.512. The van der Waals surface area contributed by atoms with Crippen molar-refractivity contribution in [2.75, 3.05) is 76.8 Å². The number of carbonyl (C=O) groups is 5. The van der Waals surface area contributed by atoms with Gasteiger partial charge in [0.25, 0.3) is 5.91 Å². The molecule has 2 N–H and O–H groups in total. The van der Waals surface area contributed by atoms with Gasteiger partial charge in [-0.25, -0.2) is 14.8 Å². The Kier molecular flexibility index (Phi) is 17.2. The van der Waals surface area contributed by atoms with E-state index in [1.165, 1.54) is 42.6 Å². The van der Waals surface area contributed by atoms with E-state index in [0.717, 1.165) is 116 Å². The van der Waals surface area contributed by atoms with Crippen molar-refractivity contribution in [1.29, 1.82) is 0 Å². The average Bonchev–Trinajstić information content (AvgIpc) is 4.02. The number of hydrogen-bond donors (Lipinski definition) is 2. The maximum Gasteiger partial charge on any atom is 0.328 e. The van der Waals surface area contributed by atoms with Crippen LogP contribution in [0.4, 0.5) is 16.3 Å². The number of aromatic nitrogens is 2. The summed E-state index contributed by atoms with van der Waals surface area (Å²) in [6, 6.07) is 19.4. The molecule has 5 amide bonds. The number of amides is 5. The largest absolute Gasteiger partial charge is 0.496 e. The van der Waals surface area contributed by atoms with Crippen LogP contribution in [0.5, 0.6) is 11.5 Å². The van der Waals surface area contributed by atoms with Crippen molar-refractivity contribution >= 4 is 63.5 Å². The van der Waals surface area contributed by atoms with Crippen molar-refractivity contribution in [1.82, 2.24) is 30.0 Å². The van der Waals surface area contributed by atoms with E-state index in [4.69, 9.17) is 24.2 Å². The number of urea groups is 1. The number of ether oxygens (including phenoxy) is 3. The quantitative estimate of drug-likeness (QED) is 0.0951. The number of methoxy groups -OCH3 is 2. The number of piperazine rings is 1. The third-order valence-corrected chi connectivity index (χ3v) is 18.8. The van der Waals surface area contributed by atoms with Crippen LogP contribution in [0.3, 0.4) is 0 Å². The number of nitrogens with one attached hydrogen (secondary N) is 2. The lowest BCUT2D eigenvalue weighted by Gasteiger charge is -2.47. The van der Waals surface area contributed by atoms with E-state index in [9.17, 15) is 24.0 Å². The monoisotopic (exact) mass is 1110 g/mol. The summed E-state index contributed by atoms with van der Waals surface area (Å²) in [5.74, 6) is 3.45. The minimum Gasteiger partial charge on any atom is -0.496 e. The van der Waals surface area contributed by atoms with E-state index in [0.29, 0.717) is 60.6 Å². The summed E-state index contributed by atoms with van der Waals surface area (Å²) in [5.41, 5.74) is 6.09. The molecule has 0 bridgehead atoms. The Balaban J connectivity index is 0.685. The molecule has 426 valence electrons. The lowest BCUT2D eigenvalue weighted by atomic mass is 9.65. The molecule has 3 aromatic carbocycles. The Morgan fingerprint density at radius 1 is 0.825 bits per heavy atom. The SMILES string of the molecule is COc1cc2nc(C)nc(N[C@H](C)c3cc(-c4ccccc4CCC(=O)OC(C)(C)C)cs3)c2cc1C1CCC(C(=O)N2CCN(CC3CCC4(CC3)CCN(C(=O)c3ccc(OC)c(N5CCC(=O)NC5=O)c3)CC4)CC2)CC1. The van der Waals surface area contributed by atoms with Crippen LogP contribution in [0.1, 0.15) is 149 Å². The van der Waals surface area contributed by atoms with Gasteiger partial charge in [-0.1, -0.05) is 24.3 Å². The molecule has 3 aliphatic heterocycles. The summed E-state index contributed by atoms with van der Waals surface area (Å²) in [6.07, 6.45) is 11.4. The fraction of sp³-hybridized carbons (Fsp3) is 0.540. The number of carbonyl (C=O) groups excluding carboxylic acids is 5. The number of fused-ring (bicyclic) bond motifs is 1. The molecular weight excluding hydrogens is 1030 g/mol. The van der Waals surface area contributed by atoms with Gasteiger partial charge in [0.15, 0.2) is 0 Å². The van der Waals surface area contributed by atoms with Crippen molar-refractivity contribution < 1.29 is 38.2 Å². The number of nitrogens with zero attached hydrogens (tertiary/aromatic N) is 6. The number of esters is 1. The Hall–Kier alpha value is -6.59. The smallest absolute Gasteiger partial charge is 0.328 e. The normalized spacial score (nSPS) is 20.6. The summed E-state index contributed by atoms with van der Waals surface area (Å²) in [5, 5.41) is 9.25. The molecule has 1 atom stereocenters. The number of aryl methyl sites for hydroxylation is 2. The summed E-state index contributed by atoms with van der Waals surface area (Å²) in [4.78, 5) is 84.0. The van der Waals surface area contributed by atoms with Crippen molar-refractivity contribution in [3.8, 4) is 22.6 Å². The first kappa shape index (κ1) is 56.7. The summed E-state index contributed by atoms with van der Waals surface area (Å²) in [6.45, 7) is 15.9. The minimum absolute atomic E-state index is 0.0294. The van der Waals surface area contributed by atoms with E-state index < -0.39 is 11.6 Å². The van der Waals surface area contributed by atoms with Crippen LogP contribution in [0.25, 0.3) is 22.0 Å². The third-order valence-electron chi connectivity index (χ3n) is 17.7. The predicted molar refractivity (Wildman–Crippen MR) is 313 cm³/mol. The lowest BCUT2D eigenvalue weighted by molar-refractivity contribution is -0.154. The van der Waals surface area contributed by atoms with Crippen LogP contribution in [0.2, 0.25) is 0 Å². The van der Waals surface area contributed by atoms with Crippen LogP contribution >= 0.6 is 11.3 Å². The Morgan fingerprint density at radius 2 is 1.55 bits per heavy atom. The highest BCUT2D eigenvalue weighted by Crippen LogP contribution is 2.48. The molecule has 17 heteroatoms. The molecule has 0 radical (unpaired) electrons. The molecule has 2 aliphatic carbocycles. The highest BCUT2D eigenvalue weighted by Gasteiger charge is 2.41. The maximum absolute atomic E-state index is 14.1. The first-order valence-corrected chi connectivity index (χ1v) is 29.9. The van der Waals surface area contributed by atoms with Gasteiger partial charge in [-0.05, 0) is 180 Å². The van der Waals surface area contributed by atoms with E-state index in [2.05, 4.69) is 63.1 Å². The van der Waals surface area contributed by atoms with Gasteiger partial charge in [-0.2, -0.15) is 0 Å².